The van der Waals surface area contributed by atoms with Gasteiger partial charge in [0.05, 0.1) is 12.8 Å². The van der Waals surface area contributed by atoms with Gasteiger partial charge in [0.1, 0.15) is 18.7 Å². The number of hydrogen-bond donors (Lipinski definition) is 1. The van der Waals surface area contributed by atoms with Crippen molar-refractivity contribution in [3.8, 4) is 0 Å². The average Bonchev–Trinajstić information content (AvgIpc) is 3.47. The lowest BCUT2D eigenvalue weighted by Crippen LogP contribution is -2.46. The molecule has 1 aliphatic carbocycles. The van der Waals surface area contributed by atoms with Gasteiger partial charge in [-0.1, -0.05) is 29.4 Å². The molecular weight excluding hydrogens is 350 g/mol. The van der Waals surface area contributed by atoms with E-state index in [0.717, 1.165) is 23.3 Å². The molecule has 8 heteroatoms. The molecule has 1 atom stereocenters. The molecule has 27 heavy (non-hydrogen) atoms. The molecule has 1 saturated carbocycles. The first-order chi connectivity index (χ1) is 13.0. The van der Waals surface area contributed by atoms with Crippen molar-refractivity contribution < 1.29 is 24.0 Å². The molecule has 1 heterocycles. The molecule has 0 aromatic heterocycles. The number of rotatable bonds is 8. The maximum atomic E-state index is 13.1. The molecule has 0 bridgehead atoms. The smallest absolute Gasteiger partial charge is 0.326 e. The molecule has 2 fully saturated rings. The van der Waals surface area contributed by atoms with Crippen LogP contribution in [0, 0.1) is 5.92 Å². The van der Waals surface area contributed by atoms with Crippen LogP contribution in [-0.4, -0.2) is 48.8 Å². The lowest BCUT2D eigenvalue weighted by molar-refractivity contribution is -0.147. The molecule has 1 aromatic carbocycles. The number of amides is 3. The fourth-order valence-corrected chi connectivity index (χ4v) is 3.30. The predicted molar refractivity (Wildman–Crippen MR) is 96.9 cm³/mol. The summed E-state index contributed by atoms with van der Waals surface area (Å²) in [4.78, 5) is 43.2. The molecule has 1 saturated heterocycles. The first-order valence-electron chi connectivity index (χ1n) is 9.08. The highest BCUT2D eigenvalue weighted by Gasteiger charge is 2.60. The Balaban J connectivity index is 1.85. The van der Waals surface area contributed by atoms with Gasteiger partial charge in [0.2, 0.25) is 0 Å². The van der Waals surface area contributed by atoms with Gasteiger partial charge >= 0.3 is 12.0 Å². The first-order valence-corrected chi connectivity index (χ1v) is 9.08. The maximum absolute atomic E-state index is 13.1. The molecule has 3 rings (SSSR count). The molecule has 2 aliphatic rings. The second kappa shape index (κ2) is 7.77. The highest BCUT2D eigenvalue weighted by molar-refractivity contribution is 6.09. The van der Waals surface area contributed by atoms with E-state index in [2.05, 4.69) is 10.5 Å². The van der Waals surface area contributed by atoms with Crippen LogP contribution in [0.1, 0.15) is 37.8 Å². The number of nitrogens with zero attached hydrogens (tertiary/aromatic N) is 2. The third kappa shape index (κ3) is 3.65. The van der Waals surface area contributed by atoms with Gasteiger partial charge in [-0.3, -0.25) is 14.5 Å². The average molecular weight is 373 g/mol. The number of nitrogens with one attached hydrogen (secondary N) is 1. The Hall–Kier alpha value is -2.90. The predicted octanol–water partition coefficient (Wildman–Crippen LogP) is 1.78. The zero-order valence-corrected chi connectivity index (χ0v) is 15.4. The van der Waals surface area contributed by atoms with E-state index in [1.54, 1.807) is 25.3 Å². The van der Waals surface area contributed by atoms with Crippen LogP contribution in [0.4, 0.5) is 4.79 Å². The molecule has 0 radical (unpaired) electrons. The third-order valence-corrected chi connectivity index (χ3v) is 4.69. The molecule has 3 amide bonds. The van der Waals surface area contributed by atoms with Gasteiger partial charge < -0.3 is 14.9 Å². The van der Waals surface area contributed by atoms with Crippen LogP contribution in [0.3, 0.4) is 0 Å². The summed E-state index contributed by atoms with van der Waals surface area (Å²) in [5.41, 5.74) is 0.390. The molecule has 0 spiro atoms. The minimum Gasteiger partial charge on any atom is -0.465 e. The number of hydrogen-bond acceptors (Lipinski definition) is 6. The lowest BCUT2D eigenvalue weighted by atomic mass is 9.84. The van der Waals surface area contributed by atoms with Crippen molar-refractivity contribution >= 4 is 24.1 Å². The van der Waals surface area contributed by atoms with E-state index in [9.17, 15) is 14.4 Å². The van der Waals surface area contributed by atoms with Gasteiger partial charge in [-0.2, -0.15) is 0 Å². The Labute approximate surface area is 157 Å². The molecule has 1 N–H and O–H groups in total. The number of ether oxygens (including phenoxy) is 1. The summed E-state index contributed by atoms with van der Waals surface area (Å²) in [5.74, 6) is -0.988. The summed E-state index contributed by atoms with van der Waals surface area (Å²) in [6.07, 6.45) is 3.26. The normalized spacial score (nSPS) is 22.2. The number of oxime groups is 1. The van der Waals surface area contributed by atoms with Gasteiger partial charge in [0, 0.05) is 0 Å². The monoisotopic (exact) mass is 373 g/mol. The van der Waals surface area contributed by atoms with Gasteiger partial charge in [0.25, 0.3) is 5.91 Å². The highest BCUT2D eigenvalue weighted by Crippen LogP contribution is 2.49. The summed E-state index contributed by atoms with van der Waals surface area (Å²) in [7, 11) is 0. The second-order valence-corrected chi connectivity index (χ2v) is 6.48. The Kier molecular flexibility index (Phi) is 5.43. The summed E-state index contributed by atoms with van der Waals surface area (Å²) in [6.45, 7) is 3.81. The van der Waals surface area contributed by atoms with E-state index in [-0.39, 0.29) is 19.1 Å². The molecule has 1 aliphatic heterocycles. The van der Waals surface area contributed by atoms with Crippen LogP contribution in [0.15, 0.2) is 29.4 Å². The van der Waals surface area contributed by atoms with E-state index in [1.807, 2.05) is 19.1 Å². The number of benzene rings is 1. The van der Waals surface area contributed by atoms with Crippen LogP contribution in [0.25, 0.3) is 0 Å². The number of carbonyl (C=O) groups excluding carboxylic acids is 3. The van der Waals surface area contributed by atoms with Crippen LogP contribution in [0.2, 0.25) is 0 Å². The molecular formula is C19H23N3O5. The van der Waals surface area contributed by atoms with E-state index in [4.69, 9.17) is 9.57 Å². The van der Waals surface area contributed by atoms with Crippen LogP contribution in [-0.2, 0) is 24.7 Å². The van der Waals surface area contributed by atoms with Crippen LogP contribution >= 0.6 is 0 Å². The second-order valence-electron chi connectivity index (χ2n) is 6.48. The zero-order chi connectivity index (χ0) is 19.4. The number of carbonyl (C=O) groups is 3. The topological polar surface area (TPSA) is 97.3 Å². The summed E-state index contributed by atoms with van der Waals surface area (Å²) < 4.78 is 4.87. The lowest BCUT2D eigenvalue weighted by Gasteiger charge is -2.27. The van der Waals surface area contributed by atoms with Gasteiger partial charge in [-0.25, -0.2) is 4.79 Å². The minimum absolute atomic E-state index is 0.0177. The van der Waals surface area contributed by atoms with Gasteiger partial charge in [-0.05, 0) is 43.7 Å². The Bertz CT molecular complexity index is 757. The maximum Gasteiger partial charge on any atom is 0.326 e. The Morgan fingerprint density at radius 1 is 1.26 bits per heavy atom. The van der Waals surface area contributed by atoms with Crippen LogP contribution < -0.4 is 5.32 Å². The Morgan fingerprint density at radius 2 is 1.96 bits per heavy atom. The van der Waals surface area contributed by atoms with E-state index < -0.39 is 23.4 Å². The van der Waals surface area contributed by atoms with E-state index in [0.29, 0.717) is 12.2 Å². The molecule has 1 aromatic rings. The largest absolute Gasteiger partial charge is 0.465 e. The minimum atomic E-state index is -1.13. The highest BCUT2D eigenvalue weighted by atomic mass is 16.6. The van der Waals surface area contributed by atoms with E-state index in [1.165, 1.54) is 0 Å². The van der Waals surface area contributed by atoms with Crippen molar-refractivity contribution in [1.29, 1.82) is 0 Å². The fourth-order valence-electron chi connectivity index (χ4n) is 3.30. The van der Waals surface area contributed by atoms with E-state index >= 15 is 0 Å². The van der Waals surface area contributed by atoms with Gasteiger partial charge in [0.15, 0.2) is 0 Å². The van der Waals surface area contributed by atoms with Crippen molar-refractivity contribution in [2.75, 3.05) is 19.8 Å². The first kappa shape index (κ1) is 18.9. The van der Waals surface area contributed by atoms with Gasteiger partial charge in [-0.15, -0.1) is 0 Å². The van der Waals surface area contributed by atoms with Crippen molar-refractivity contribution in [2.45, 2.75) is 32.2 Å². The van der Waals surface area contributed by atoms with Crippen molar-refractivity contribution in [2.24, 2.45) is 11.1 Å². The number of imide groups is 1. The summed E-state index contributed by atoms with van der Waals surface area (Å²) in [6, 6.07) is 6.67. The standard InChI is InChI=1S/C19H23N3O5/c1-3-26-16(23)12-22-17(24)19(15-9-10-15,21-18(22)25)14-7-5-13(6-8-14)11-20-27-4-2/h5-8,11,15H,3-4,9-10,12H2,1-2H3,(H,21,25)/b20-11+. The summed E-state index contributed by atoms with van der Waals surface area (Å²) in [5, 5.41) is 6.66. The quantitative estimate of drug-likeness (QED) is 0.324. The van der Waals surface area contributed by atoms with Crippen molar-refractivity contribution in [1.82, 2.24) is 10.2 Å². The molecule has 1 unspecified atom stereocenters. The number of urea groups is 1. The molecule has 144 valence electrons. The SMILES string of the molecule is CCO/N=C/c1ccc(C2(C3CC3)NC(=O)N(CC(=O)OCC)C2=O)cc1. The zero-order valence-electron chi connectivity index (χ0n) is 15.4. The number of esters is 1. The van der Waals surface area contributed by atoms with Crippen molar-refractivity contribution in [3.63, 3.8) is 0 Å². The van der Waals surface area contributed by atoms with Crippen molar-refractivity contribution in [3.05, 3.63) is 35.4 Å². The Morgan fingerprint density at radius 3 is 2.56 bits per heavy atom. The third-order valence-electron chi connectivity index (χ3n) is 4.69. The fraction of sp³-hybridized carbons (Fsp3) is 0.474. The molecule has 8 nitrogen and oxygen atoms in total. The summed E-state index contributed by atoms with van der Waals surface area (Å²) >= 11 is 0. The van der Waals surface area contributed by atoms with Crippen LogP contribution in [0.5, 0.6) is 0 Å².